The third kappa shape index (κ3) is 16.3. The molecule has 186 valence electrons. The number of unbranched alkanes of at least 4 members (excludes halogenated alkanes) is 4. The van der Waals surface area contributed by atoms with Gasteiger partial charge in [-0.05, 0) is 6.42 Å². The Morgan fingerprint density at radius 1 is 0.531 bits per heavy atom. The number of rotatable bonds is 24. The zero-order chi connectivity index (χ0) is 23.1. The summed E-state index contributed by atoms with van der Waals surface area (Å²) < 4.78 is 32.6. The number of hydrogen-bond acceptors (Lipinski definition) is 8. The van der Waals surface area contributed by atoms with Gasteiger partial charge in [0, 0.05) is 18.8 Å². The third-order valence-corrected chi connectivity index (χ3v) is 4.61. The first-order valence-electron chi connectivity index (χ1n) is 11.8. The van der Waals surface area contributed by atoms with Crippen molar-refractivity contribution in [2.45, 2.75) is 39.0 Å². The molecule has 32 heavy (non-hydrogen) atoms. The summed E-state index contributed by atoms with van der Waals surface area (Å²) in [5, 5.41) is 0. The number of nitrogens with zero attached hydrogens (tertiary/aromatic N) is 1. The van der Waals surface area contributed by atoms with Crippen LogP contribution in [0.1, 0.15) is 39.0 Å². The average Bonchev–Trinajstić information content (AvgIpc) is 3.11. The topological polar surface area (TPSA) is 92.8 Å². The van der Waals surface area contributed by atoms with Gasteiger partial charge in [-0.3, -0.25) is 14.5 Å². The van der Waals surface area contributed by atoms with Crippen molar-refractivity contribution in [3.63, 3.8) is 0 Å². The predicted molar refractivity (Wildman–Crippen MR) is 120 cm³/mol. The Balaban J connectivity index is 1.67. The molecule has 0 aromatic carbocycles. The van der Waals surface area contributed by atoms with Crippen molar-refractivity contribution in [1.29, 1.82) is 0 Å². The van der Waals surface area contributed by atoms with Gasteiger partial charge >= 0.3 is 0 Å². The molecule has 9 nitrogen and oxygen atoms in total. The van der Waals surface area contributed by atoms with E-state index in [2.05, 4.69) is 6.92 Å². The van der Waals surface area contributed by atoms with E-state index in [9.17, 15) is 9.59 Å². The van der Waals surface area contributed by atoms with Crippen LogP contribution in [0.25, 0.3) is 0 Å². The Kier molecular flexibility index (Phi) is 19.2. The summed E-state index contributed by atoms with van der Waals surface area (Å²) in [4.78, 5) is 23.8. The molecule has 0 aromatic heterocycles. The van der Waals surface area contributed by atoms with E-state index in [1.54, 1.807) is 0 Å². The SMILES string of the molecule is CCCCCCCOCCOCCOCCOCCOCCOCCN1C(=O)C=CC1=O. The third-order valence-electron chi connectivity index (χ3n) is 4.61. The molecular formula is C23H41NO8. The molecule has 0 saturated carbocycles. The molecule has 0 fully saturated rings. The van der Waals surface area contributed by atoms with Crippen LogP contribution < -0.4 is 0 Å². The number of imide groups is 1. The minimum atomic E-state index is -0.295. The molecule has 9 heteroatoms. The van der Waals surface area contributed by atoms with Crippen molar-refractivity contribution < 1.29 is 38.0 Å². The van der Waals surface area contributed by atoms with Crippen LogP contribution in [0.5, 0.6) is 0 Å². The molecule has 1 rings (SSSR count). The summed E-state index contributed by atoms with van der Waals surface area (Å²) in [6.45, 7) is 8.73. The molecule has 0 bridgehead atoms. The lowest BCUT2D eigenvalue weighted by molar-refractivity contribution is -0.137. The molecule has 0 radical (unpaired) electrons. The van der Waals surface area contributed by atoms with Gasteiger partial charge in [-0.25, -0.2) is 0 Å². The largest absolute Gasteiger partial charge is 0.379 e. The van der Waals surface area contributed by atoms with Crippen LogP contribution in [0.3, 0.4) is 0 Å². The van der Waals surface area contributed by atoms with Gasteiger partial charge in [0.15, 0.2) is 0 Å². The standard InChI is InChI=1S/C23H41NO8/c1-2-3-4-5-6-10-27-12-14-29-16-18-31-20-21-32-19-17-30-15-13-28-11-9-24-22(25)7-8-23(24)26/h7-8H,2-6,9-21H2,1H3. The summed E-state index contributed by atoms with van der Waals surface area (Å²) in [6.07, 6.45) is 8.78. The van der Waals surface area contributed by atoms with Gasteiger partial charge in [-0.15, -0.1) is 0 Å². The fraction of sp³-hybridized carbons (Fsp3) is 0.826. The van der Waals surface area contributed by atoms with Crippen LogP contribution in [-0.4, -0.2) is 103 Å². The normalized spacial score (nSPS) is 13.6. The van der Waals surface area contributed by atoms with Gasteiger partial charge in [-0.1, -0.05) is 32.6 Å². The zero-order valence-electron chi connectivity index (χ0n) is 19.6. The van der Waals surface area contributed by atoms with Crippen molar-refractivity contribution in [1.82, 2.24) is 4.90 Å². The van der Waals surface area contributed by atoms with Crippen molar-refractivity contribution in [3.05, 3.63) is 12.2 Å². The zero-order valence-corrected chi connectivity index (χ0v) is 19.6. The highest BCUT2D eigenvalue weighted by molar-refractivity contribution is 6.12. The molecule has 0 spiro atoms. The average molecular weight is 460 g/mol. The van der Waals surface area contributed by atoms with Crippen molar-refractivity contribution >= 4 is 11.8 Å². The van der Waals surface area contributed by atoms with E-state index in [0.29, 0.717) is 72.7 Å². The molecule has 1 aliphatic rings. The minimum Gasteiger partial charge on any atom is -0.379 e. The Hall–Kier alpha value is -1.36. The van der Waals surface area contributed by atoms with E-state index in [1.165, 1.54) is 37.8 Å². The highest BCUT2D eigenvalue weighted by Gasteiger charge is 2.22. The molecule has 1 heterocycles. The minimum absolute atomic E-state index is 0.256. The van der Waals surface area contributed by atoms with Gasteiger partial charge in [0.25, 0.3) is 11.8 Å². The second-order valence-electron chi connectivity index (χ2n) is 7.25. The van der Waals surface area contributed by atoms with Crippen LogP contribution in [0.2, 0.25) is 0 Å². The van der Waals surface area contributed by atoms with Crippen molar-refractivity contribution in [2.24, 2.45) is 0 Å². The number of hydrogen-bond donors (Lipinski definition) is 0. The maximum absolute atomic E-state index is 11.3. The fourth-order valence-corrected chi connectivity index (χ4v) is 2.82. The molecule has 0 N–H and O–H groups in total. The van der Waals surface area contributed by atoms with Crippen LogP contribution >= 0.6 is 0 Å². The van der Waals surface area contributed by atoms with E-state index in [0.717, 1.165) is 17.9 Å². The van der Waals surface area contributed by atoms with Crippen LogP contribution in [0.4, 0.5) is 0 Å². The first kappa shape index (κ1) is 28.7. The highest BCUT2D eigenvalue weighted by atomic mass is 16.6. The Morgan fingerprint density at radius 3 is 1.34 bits per heavy atom. The lowest BCUT2D eigenvalue weighted by Crippen LogP contribution is -2.33. The highest BCUT2D eigenvalue weighted by Crippen LogP contribution is 2.03. The second-order valence-corrected chi connectivity index (χ2v) is 7.25. The monoisotopic (exact) mass is 459 g/mol. The predicted octanol–water partition coefficient (Wildman–Crippen LogP) is 1.98. The number of amides is 2. The van der Waals surface area contributed by atoms with Gasteiger partial charge < -0.3 is 28.4 Å². The van der Waals surface area contributed by atoms with Gasteiger partial charge in [0.2, 0.25) is 0 Å². The molecule has 2 amide bonds. The summed E-state index contributed by atoms with van der Waals surface area (Å²) in [5.74, 6) is -0.589. The molecule has 0 atom stereocenters. The summed E-state index contributed by atoms with van der Waals surface area (Å²) in [5.41, 5.74) is 0. The van der Waals surface area contributed by atoms with Gasteiger partial charge in [0.1, 0.15) is 0 Å². The van der Waals surface area contributed by atoms with Crippen LogP contribution in [0, 0.1) is 0 Å². The van der Waals surface area contributed by atoms with Crippen LogP contribution in [0.15, 0.2) is 12.2 Å². The number of carbonyl (C=O) groups excluding carboxylic acids is 2. The summed E-state index contributed by atoms with van der Waals surface area (Å²) in [7, 11) is 0. The van der Waals surface area contributed by atoms with E-state index >= 15 is 0 Å². The van der Waals surface area contributed by atoms with Crippen molar-refractivity contribution in [2.75, 3.05) is 85.8 Å². The first-order valence-corrected chi connectivity index (χ1v) is 11.8. The molecule has 0 aliphatic carbocycles. The molecule has 0 unspecified atom stereocenters. The smallest absolute Gasteiger partial charge is 0.253 e. The van der Waals surface area contributed by atoms with E-state index < -0.39 is 0 Å². The number of carbonyl (C=O) groups is 2. The van der Waals surface area contributed by atoms with E-state index in [1.807, 2.05) is 0 Å². The first-order chi connectivity index (χ1) is 15.8. The maximum atomic E-state index is 11.3. The van der Waals surface area contributed by atoms with Gasteiger partial charge in [-0.2, -0.15) is 0 Å². The Morgan fingerprint density at radius 2 is 0.906 bits per heavy atom. The lowest BCUT2D eigenvalue weighted by atomic mass is 10.2. The number of ether oxygens (including phenoxy) is 6. The molecule has 0 aromatic rings. The van der Waals surface area contributed by atoms with E-state index in [-0.39, 0.29) is 18.4 Å². The molecule has 0 saturated heterocycles. The second kappa shape index (κ2) is 21.5. The Bertz CT molecular complexity index is 482. The summed E-state index contributed by atoms with van der Waals surface area (Å²) in [6, 6.07) is 0. The summed E-state index contributed by atoms with van der Waals surface area (Å²) >= 11 is 0. The van der Waals surface area contributed by atoms with Gasteiger partial charge in [0.05, 0.1) is 79.2 Å². The van der Waals surface area contributed by atoms with E-state index in [4.69, 9.17) is 28.4 Å². The van der Waals surface area contributed by atoms with Crippen LogP contribution in [-0.2, 0) is 38.0 Å². The lowest BCUT2D eigenvalue weighted by Gasteiger charge is -2.13. The molecular weight excluding hydrogens is 418 g/mol. The molecule has 1 aliphatic heterocycles. The maximum Gasteiger partial charge on any atom is 0.253 e. The Labute approximate surface area is 192 Å². The quantitative estimate of drug-likeness (QED) is 0.160. The fourth-order valence-electron chi connectivity index (χ4n) is 2.82. The van der Waals surface area contributed by atoms with Crippen molar-refractivity contribution in [3.8, 4) is 0 Å².